The molecule has 0 N–H and O–H groups in total. The molecule has 0 unspecified atom stereocenters. The van der Waals surface area contributed by atoms with E-state index < -0.39 is 0 Å². The summed E-state index contributed by atoms with van der Waals surface area (Å²) in [6, 6.07) is 2.17. The minimum Gasteiger partial charge on any atom is -0.323 e. The van der Waals surface area contributed by atoms with Crippen molar-refractivity contribution in [3.63, 3.8) is 0 Å². The third kappa shape index (κ3) is 13.4. The van der Waals surface area contributed by atoms with Gasteiger partial charge in [0, 0.05) is 6.07 Å². The summed E-state index contributed by atoms with van der Waals surface area (Å²) in [6.07, 6.45) is 24.9. The van der Waals surface area contributed by atoms with Crippen LogP contribution in [-0.4, -0.2) is 6.61 Å². The molecule has 0 saturated carbocycles. The van der Waals surface area contributed by atoms with Crippen LogP contribution in [0.15, 0.2) is 22.9 Å². The highest BCUT2D eigenvalue weighted by molar-refractivity contribution is 9.10. The first kappa shape index (κ1) is 24.6. The monoisotopic (exact) mass is 440 g/mol. The van der Waals surface area contributed by atoms with Crippen LogP contribution >= 0.6 is 15.9 Å². The maximum absolute atomic E-state index is 5.80. The minimum absolute atomic E-state index is 0.654. The van der Waals surface area contributed by atoms with Crippen LogP contribution in [0.5, 0.6) is 0 Å². The summed E-state index contributed by atoms with van der Waals surface area (Å²) in [6.45, 7) is 5.99. The zero-order chi connectivity index (χ0) is 19.6. The molecule has 156 valence electrons. The van der Waals surface area contributed by atoms with Crippen molar-refractivity contribution >= 4 is 15.9 Å². The molecule has 3 heteroatoms. The lowest BCUT2D eigenvalue weighted by Crippen LogP contribution is -2.34. The van der Waals surface area contributed by atoms with Crippen molar-refractivity contribution in [3.05, 3.63) is 28.5 Å². The summed E-state index contributed by atoms with van der Waals surface area (Å²) in [5.41, 5.74) is 1.35. The van der Waals surface area contributed by atoms with Gasteiger partial charge < -0.3 is 4.74 Å². The van der Waals surface area contributed by atoms with Gasteiger partial charge in [0.2, 0.25) is 0 Å². The van der Waals surface area contributed by atoms with E-state index in [-0.39, 0.29) is 0 Å². The molecule has 0 bridgehead atoms. The van der Waals surface area contributed by atoms with Crippen molar-refractivity contribution in [3.8, 4) is 0 Å². The average molecular weight is 442 g/mol. The van der Waals surface area contributed by atoms with Gasteiger partial charge in [-0.3, -0.25) is 0 Å². The molecule has 0 aliphatic carbocycles. The normalized spacial score (nSPS) is 11.2. The van der Waals surface area contributed by atoms with Crippen LogP contribution in [0.4, 0.5) is 0 Å². The van der Waals surface area contributed by atoms with E-state index in [9.17, 15) is 0 Å². The molecule has 0 aliphatic rings. The molecule has 0 atom stereocenters. The highest BCUT2D eigenvalue weighted by Gasteiger charge is 2.05. The van der Waals surface area contributed by atoms with Gasteiger partial charge in [-0.1, -0.05) is 97.3 Å². The van der Waals surface area contributed by atoms with E-state index in [0.29, 0.717) is 6.73 Å². The van der Waals surface area contributed by atoms with Crippen LogP contribution in [0, 0.1) is 0 Å². The first-order chi connectivity index (χ1) is 13.3. The Morgan fingerprint density at radius 2 is 1.30 bits per heavy atom. The largest absolute Gasteiger partial charge is 0.323 e. The number of aryl methyl sites for hydroxylation is 1. The van der Waals surface area contributed by atoms with Crippen molar-refractivity contribution in [2.75, 3.05) is 6.61 Å². The zero-order valence-electron chi connectivity index (χ0n) is 18.0. The number of ether oxygens (including phenoxy) is 1. The Hall–Kier alpha value is -0.410. The van der Waals surface area contributed by atoms with Gasteiger partial charge in [0.15, 0.2) is 12.4 Å². The Morgan fingerprint density at radius 3 is 1.78 bits per heavy atom. The summed E-state index contributed by atoms with van der Waals surface area (Å²) >= 11 is 3.62. The van der Waals surface area contributed by atoms with Gasteiger partial charge in [-0.15, -0.1) is 0 Å². The number of hydrogen-bond acceptors (Lipinski definition) is 1. The average Bonchev–Trinajstić information content (AvgIpc) is 2.68. The second kappa shape index (κ2) is 17.7. The van der Waals surface area contributed by atoms with Crippen LogP contribution in [0.1, 0.15) is 109 Å². The molecule has 1 aromatic rings. The molecular weight excluding hydrogens is 398 g/mol. The third-order valence-corrected chi connectivity index (χ3v) is 6.03. The Kier molecular flexibility index (Phi) is 16.1. The highest BCUT2D eigenvalue weighted by Crippen LogP contribution is 2.14. The van der Waals surface area contributed by atoms with Crippen LogP contribution in [0.3, 0.4) is 0 Å². The van der Waals surface area contributed by atoms with Crippen LogP contribution in [-0.2, 0) is 17.9 Å². The fourth-order valence-electron chi connectivity index (χ4n) is 3.47. The second-order valence-corrected chi connectivity index (χ2v) is 8.67. The quantitative estimate of drug-likeness (QED) is 0.168. The SMILES string of the molecule is CCCCCCCCCCCCCCCCOC[n+]1ccc(CC)c(Br)c1. The zero-order valence-corrected chi connectivity index (χ0v) is 19.6. The van der Waals surface area contributed by atoms with Gasteiger partial charge >= 0.3 is 0 Å². The number of aromatic nitrogens is 1. The van der Waals surface area contributed by atoms with E-state index in [0.717, 1.165) is 13.0 Å². The van der Waals surface area contributed by atoms with Crippen molar-refractivity contribution in [2.45, 2.75) is 117 Å². The highest BCUT2D eigenvalue weighted by atomic mass is 79.9. The number of rotatable bonds is 18. The standard InChI is InChI=1S/C24H43BrNO/c1-3-5-6-7-8-9-10-11-12-13-14-15-16-17-20-27-22-26-19-18-23(4-2)24(25)21-26/h18-19,21H,3-17,20,22H2,1-2H3/q+1. The molecule has 1 rings (SSSR count). The van der Waals surface area contributed by atoms with Crippen LogP contribution in [0.2, 0.25) is 0 Å². The lowest BCUT2D eigenvalue weighted by molar-refractivity contribution is -0.733. The fourth-order valence-corrected chi connectivity index (χ4v) is 4.15. The molecule has 1 aromatic heterocycles. The molecular formula is C24H43BrNO+. The van der Waals surface area contributed by atoms with Gasteiger partial charge in [-0.05, 0) is 34.3 Å². The Morgan fingerprint density at radius 1 is 0.778 bits per heavy atom. The lowest BCUT2D eigenvalue weighted by Gasteiger charge is -2.04. The third-order valence-electron chi connectivity index (χ3n) is 5.32. The summed E-state index contributed by atoms with van der Waals surface area (Å²) in [4.78, 5) is 0. The molecule has 27 heavy (non-hydrogen) atoms. The fraction of sp³-hybridized carbons (Fsp3) is 0.792. The number of pyridine rings is 1. The summed E-state index contributed by atoms with van der Waals surface area (Å²) in [5.74, 6) is 0. The van der Waals surface area contributed by atoms with Gasteiger partial charge in [0.25, 0.3) is 6.73 Å². The van der Waals surface area contributed by atoms with Crippen molar-refractivity contribution in [1.82, 2.24) is 0 Å². The number of hydrogen-bond donors (Lipinski definition) is 0. The minimum atomic E-state index is 0.654. The van der Waals surface area contributed by atoms with Crippen LogP contribution < -0.4 is 4.57 Å². The van der Waals surface area contributed by atoms with Crippen molar-refractivity contribution in [1.29, 1.82) is 0 Å². The molecule has 0 aromatic carbocycles. The number of unbranched alkanes of at least 4 members (excludes halogenated alkanes) is 13. The van der Waals surface area contributed by atoms with Crippen molar-refractivity contribution in [2.24, 2.45) is 0 Å². The Balaban J connectivity index is 1.82. The molecule has 0 aliphatic heterocycles. The van der Waals surface area contributed by atoms with Crippen molar-refractivity contribution < 1.29 is 9.30 Å². The van der Waals surface area contributed by atoms with E-state index in [2.05, 4.69) is 52.8 Å². The Bertz CT molecular complexity index is 464. The van der Waals surface area contributed by atoms with E-state index in [1.807, 2.05) is 0 Å². The number of nitrogens with zero attached hydrogens (tertiary/aromatic N) is 1. The van der Waals surface area contributed by atoms with Crippen LogP contribution in [0.25, 0.3) is 0 Å². The first-order valence-electron chi connectivity index (χ1n) is 11.5. The van der Waals surface area contributed by atoms with Gasteiger partial charge in [0.05, 0.1) is 11.1 Å². The smallest absolute Gasteiger partial charge is 0.252 e. The van der Waals surface area contributed by atoms with Gasteiger partial charge in [-0.25, -0.2) is 0 Å². The molecule has 0 radical (unpaired) electrons. The van der Waals surface area contributed by atoms with E-state index in [1.54, 1.807) is 0 Å². The molecule has 0 amide bonds. The first-order valence-corrected chi connectivity index (χ1v) is 12.3. The Labute approximate surface area is 177 Å². The maximum Gasteiger partial charge on any atom is 0.252 e. The summed E-state index contributed by atoms with van der Waals surface area (Å²) < 4.78 is 9.08. The molecule has 2 nitrogen and oxygen atoms in total. The molecule has 0 fully saturated rings. The second-order valence-electron chi connectivity index (χ2n) is 7.82. The molecule has 1 heterocycles. The summed E-state index contributed by atoms with van der Waals surface area (Å²) in [7, 11) is 0. The topological polar surface area (TPSA) is 13.1 Å². The maximum atomic E-state index is 5.80. The van der Waals surface area contributed by atoms with E-state index >= 15 is 0 Å². The lowest BCUT2D eigenvalue weighted by atomic mass is 10.0. The summed E-state index contributed by atoms with van der Waals surface area (Å²) in [5, 5.41) is 0. The predicted molar refractivity (Wildman–Crippen MR) is 120 cm³/mol. The van der Waals surface area contributed by atoms with E-state index in [4.69, 9.17) is 4.74 Å². The molecule has 0 spiro atoms. The molecule has 0 saturated heterocycles. The number of halogens is 1. The van der Waals surface area contributed by atoms with Gasteiger partial charge in [0.1, 0.15) is 0 Å². The van der Waals surface area contributed by atoms with E-state index in [1.165, 1.54) is 99.9 Å². The predicted octanol–water partition coefficient (Wildman–Crippen LogP) is 7.75. The van der Waals surface area contributed by atoms with Gasteiger partial charge in [-0.2, -0.15) is 4.57 Å².